The van der Waals surface area contributed by atoms with Gasteiger partial charge in [0.05, 0.1) is 17.6 Å². The smallest absolute Gasteiger partial charge is 0.243 e. The summed E-state index contributed by atoms with van der Waals surface area (Å²) in [6.45, 7) is 4.25. The van der Waals surface area contributed by atoms with Crippen LogP contribution in [0, 0.1) is 13.8 Å². The van der Waals surface area contributed by atoms with E-state index in [2.05, 4.69) is 10.3 Å². The van der Waals surface area contributed by atoms with Gasteiger partial charge in [0.25, 0.3) is 0 Å². The van der Waals surface area contributed by atoms with Crippen molar-refractivity contribution in [2.75, 3.05) is 23.8 Å². The number of hydrogen-bond donors (Lipinski definition) is 1. The van der Waals surface area contributed by atoms with Crippen LogP contribution in [-0.2, 0) is 4.79 Å². The zero-order chi connectivity index (χ0) is 18.0. The Morgan fingerprint density at radius 1 is 1.16 bits per heavy atom. The number of rotatable bonds is 4. The number of carbonyl (C=O) groups excluding carboxylic acids is 1. The van der Waals surface area contributed by atoms with E-state index in [-0.39, 0.29) is 12.5 Å². The van der Waals surface area contributed by atoms with Crippen molar-refractivity contribution in [3.8, 4) is 0 Å². The number of benzene rings is 2. The predicted molar refractivity (Wildman–Crippen MR) is 103 cm³/mol. The molecule has 0 fully saturated rings. The zero-order valence-corrected chi connectivity index (χ0v) is 15.3. The Labute approximate surface area is 152 Å². The summed E-state index contributed by atoms with van der Waals surface area (Å²) in [5.74, 6) is -0.0464. The summed E-state index contributed by atoms with van der Waals surface area (Å²) in [6.07, 6.45) is 1.86. The van der Waals surface area contributed by atoms with Crippen LogP contribution >= 0.6 is 11.6 Å². The molecule has 2 N–H and O–H groups in total. The molecular weight excluding hydrogens is 334 g/mol. The van der Waals surface area contributed by atoms with E-state index in [4.69, 9.17) is 11.6 Å². The molecule has 0 saturated carbocycles. The zero-order valence-electron chi connectivity index (χ0n) is 14.6. The number of anilines is 2. The first-order valence-electron chi connectivity index (χ1n) is 8.13. The quantitative estimate of drug-likeness (QED) is 0.769. The molecule has 0 aliphatic rings. The van der Waals surface area contributed by atoms with Gasteiger partial charge in [0.15, 0.2) is 6.20 Å². The molecule has 0 aliphatic heterocycles. The first-order valence-corrected chi connectivity index (χ1v) is 8.50. The molecule has 0 unspecified atom stereocenters. The third kappa shape index (κ3) is 3.74. The van der Waals surface area contributed by atoms with E-state index in [1.807, 2.05) is 74.5 Å². The van der Waals surface area contributed by atoms with E-state index in [1.165, 1.54) is 0 Å². The Morgan fingerprint density at radius 3 is 2.60 bits per heavy atom. The number of fused-ring (bicyclic) bond motifs is 1. The van der Waals surface area contributed by atoms with Crippen molar-refractivity contribution in [3.63, 3.8) is 0 Å². The summed E-state index contributed by atoms with van der Waals surface area (Å²) < 4.78 is 0. The minimum atomic E-state index is -0.0464. The molecule has 2 aromatic carbocycles. The van der Waals surface area contributed by atoms with Crippen LogP contribution in [0.25, 0.3) is 10.9 Å². The third-order valence-corrected chi connectivity index (χ3v) is 4.51. The Kier molecular flexibility index (Phi) is 4.91. The summed E-state index contributed by atoms with van der Waals surface area (Å²) >= 11 is 6.06. The molecule has 1 heterocycles. The van der Waals surface area contributed by atoms with Crippen LogP contribution in [0.1, 0.15) is 11.1 Å². The van der Waals surface area contributed by atoms with Gasteiger partial charge in [-0.25, -0.2) is 4.98 Å². The maximum Gasteiger partial charge on any atom is 0.243 e. The standard InChI is InChI=1S/C20H20ClN3O/c1-13-5-4-6-14(2)20(13)23-19(25)12-24(3)18-9-10-22-17-11-15(21)7-8-16(17)18/h4-11H,12H2,1-3H3,(H,23,25)/p+1. The number of amides is 1. The number of likely N-dealkylation sites (N-methyl/N-ethyl adjacent to an activating group) is 1. The lowest BCUT2D eigenvalue weighted by molar-refractivity contribution is -0.344. The molecule has 0 atom stereocenters. The summed E-state index contributed by atoms with van der Waals surface area (Å²) in [5, 5.41) is 4.73. The molecular formula is C20H21ClN3O+. The Balaban J connectivity index is 1.80. The maximum absolute atomic E-state index is 12.5. The molecule has 1 amide bonds. The van der Waals surface area contributed by atoms with E-state index < -0.39 is 0 Å². The minimum Gasteiger partial charge on any atom is -0.364 e. The maximum atomic E-state index is 12.5. The number of para-hydroxylation sites is 1. The van der Waals surface area contributed by atoms with Crippen molar-refractivity contribution >= 4 is 39.8 Å². The van der Waals surface area contributed by atoms with Gasteiger partial charge in [-0.1, -0.05) is 29.8 Å². The van der Waals surface area contributed by atoms with E-state index in [0.717, 1.165) is 33.4 Å². The Morgan fingerprint density at radius 2 is 1.88 bits per heavy atom. The van der Waals surface area contributed by atoms with Gasteiger partial charge in [-0.05, 0) is 37.1 Å². The number of pyridine rings is 1. The summed E-state index contributed by atoms with van der Waals surface area (Å²) in [4.78, 5) is 17.6. The van der Waals surface area contributed by atoms with Crippen LogP contribution in [0.2, 0.25) is 5.02 Å². The number of halogens is 1. The average molecular weight is 355 g/mol. The second kappa shape index (κ2) is 7.11. The third-order valence-electron chi connectivity index (χ3n) is 4.28. The molecule has 0 radical (unpaired) electrons. The minimum absolute atomic E-state index is 0.0464. The molecule has 3 rings (SSSR count). The van der Waals surface area contributed by atoms with Gasteiger partial charge in [-0.3, -0.25) is 4.79 Å². The van der Waals surface area contributed by atoms with Crippen LogP contribution in [0.15, 0.2) is 48.7 Å². The lowest BCUT2D eigenvalue weighted by Crippen LogP contribution is -2.31. The van der Waals surface area contributed by atoms with Crippen molar-refractivity contribution in [1.29, 1.82) is 0 Å². The molecule has 0 aliphatic carbocycles. The highest BCUT2D eigenvalue weighted by atomic mass is 35.5. The second-order valence-electron chi connectivity index (χ2n) is 6.22. The number of aromatic amines is 1. The largest absolute Gasteiger partial charge is 0.364 e. The number of aromatic nitrogens is 1. The van der Waals surface area contributed by atoms with Crippen LogP contribution in [-0.4, -0.2) is 19.5 Å². The molecule has 5 heteroatoms. The predicted octanol–water partition coefficient (Wildman–Crippen LogP) is 4.00. The number of aryl methyl sites for hydroxylation is 2. The molecule has 0 spiro atoms. The lowest BCUT2D eigenvalue weighted by Gasteiger charge is -2.20. The SMILES string of the molecule is Cc1cccc(C)c1NC(=O)CN(C)c1cc[nH+]c2cc(Cl)ccc12. The molecule has 1 aromatic heterocycles. The summed E-state index contributed by atoms with van der Waals surface area (Å²) in [7, 11) is 1.91. The number of nitrogens with zero attached hydrogens (tertiary/aromatic N) is 1. The molecule has 3 aromatic rings. The van der Waals surface area contributed by atoms with Gasteiger partial charge < -0.3 is 10.2 Å². The van der Waals surface area contributed by atoms with Gasteiger partial charge in [-0.2, -0.15) is 0 Å². The van der Waals surface area contributed by atoms with E-state index >= 15 is 0 Å². The molecule has 25 heavy (non-hydrogen) atoms. The van der Waals surface area contributed by atoms with Gasteiger partial charge in [-0.15, -0.1) is 0 Å². The fourth-order valence-electron chi connectivity index (χ4n) is 2.98. The Bertz CT molecular complexity index is 919. The highest BCUT2D eigenvalue weighted by Crippen LogP contribution is 2.25. The van der Waals surface area contributed by atoms with Gasteiger partial charge >= 0.3 is 0 Å². The second-order valence-corrected chi connectivity index (χ2v) is 6.66. The molecule has 0 bridgehead atoms. The van der Waals surface area contributed by atoms with Crippen LogP contribution < -0.4 is 15.2 Å². The topological polar surface area (TPSA) is 46.5 Å². The normalized spacial score (nSPS) is 10.7. The van der Waals surface area contributed by atoms with E-state index in [1.54, 1.807) is 0 Å². The van der Waals surface area contributed by atoms with E-state index in [0.29, 0.717) is 5.02 Å². The fourth-order valence-corrected chi connectivity index (χ4v) is 3.16. The first kappa shape index (κ1) is 17.2. The van der Waals surface area contributed by atoms with Gasteiger partial charge in [0, 0.05) is 29.9 Å². The van der Waals surface area contributed by atoms with Crippen molar-refractivity contribution in [2.24, 2.45) is 0 Å². The fraction of sp³-hybridized carbons (Fsp3) is 0.200. The number of H-pyrrole nitrogens is 1. The van der Waals surface area contributed by atoms with Crippen LogP contribution in [0.3, 0.4) is 0 Å². The van der Waals surface area contributed by atoms with Crippen LogP contribution in [0.4, 0.5) is 11.4 Å². The number of nitrogens with one attached hydrogen (secondary N) is 2. The highest BCUT2D eigenvalue weighted by molar-refractivity contribution is 6.31. The summed E-state index contributed by atoms with van der Waals surface area (Å²) in [6, 6.07) is 13.6. The number of hydrogen-bond acceptors (Lipinski definition) is 2. The van der Waals surface area contributed by atoms with E-state index in [9.17, 15) is 4.79 Å². The Hall–Kier alpha value is -2.59. The van der Waals surface area contributed by atoms with Gasteiger partial charge in [0.1, 0.15) is 0 Å². The summed E-state index contributed by atoms with van der Waals surface area (Å²) in [5.41, 5.74) is 4.92. The molecule has 4 nitrogen and oxygen atoms in total. The van der Waals surface area contributed by atoms with Gasteiger partial charge in [0.2, 0.25) is 11.4 Å². The molecule has 0 saturated heterocycles. The van der Waals surface area contributed by atoms with Crippen molar-refractivity contribution in [2.45, 2.75) is 13.8 Å². The highest BCUT2D eigenvalue weighted by Gasteiger charge is 2.14. The first-order chi connectivity index (χ1) is 12.0. The lowest BCUT2D eigenvalue weighted by atomic mass is 10.1. The van der Waals surface area contributed by atoms with Crippen molar-refractivity contribution < 1.29 is 9.78 Å². The average Bonchev–Trinajstić information content (AvgIpc) is 2.57. The monoisotopic (exact) mass is 354 g/mol. The van der Waals surface area contributed by atoms with Crippen LogP contribution in [0.5, 0.6) is 0 Å². The molecule has 128 valence electrons. The van der Waals surface area contributed by atoms with Crippen molar-refractivity contribution in [3.05, 3.63) is 64.8 Å². The van der Waals surface area contributed by atoms with Crippen molar-refractivity contribution in [1.82, 2.24) is 0 Å². The number of carbonyl (C=O) groups is 1.